The molecule has 34 heavy (non-hydrogen) atoms. The summed E-state index contributed by atoms with van der Waals surface area (Å²) in [5.74, 6) is -0.959. The molecule has 0 bridgehead atoms. The van der Waals surface area contributed by atoms with Gasteiger partial charge in [-0.05, 0) is 42.5 Å². The Morgan fingerprint density at radius 3 is 2.47 bits per heavy atom. The van der Waals surface area contributed by atoms with Crippen molar-refractivity contribution in [1.29, 1.82) is 0 Å². The lowest BCUT2D eigenvalue weighted by molar-refractivity contribution is -0.115. The molecule has 2 aromatic heterocycles. The Morgan fingerprint density at radius 1 is 1.00 bits per heavy atom. The summed E-state index contributed by atoms with van der Waals surface area (Å²) in [6, 6.07) is 18.7. The lowest BCUT2D eigenvalue weighted by Gasteiger charge is -2.12. The summed E-state index contributed by atoms with van der Waals surface area (Å²) in [6.07, 6.45) is 3.85. The van der Waals surface area contributed by atoms with Crippen LogP contribution < -0.4 is 10.6 Å². The lowest BCUT2D eigenvalue weighted by atomic mass is 10.1. The van der Waals surface area contributed by atoms with Crippen LogP contribution in [0.3, 0.4) is 0 Å². The molecule has 0 spiro atoms. The molecule has 9 nitrogen and oxygen atoms in total. The highest BCUT2D eigenvalue weighted by Gasteiger charge is 2.19. The summed E-state index contributed by atoms with van der Waals surface area (Å²) >= 11 is 0. The van der Waals surface area contributed by atoms with Crippen LogP contribution in [-0.2, 0) is 14.8 Å². The fraction of sp³-hybridized carbons (Fsp3) is 0.125. The largest absolute Gasteiger partial charge is 0.343 e. The molecule has 174 valence electrons. The molecule has 2 N–H and O–H groups in total. The maximum atomic E-state index is 12.4. The van der Waals surface area contributed by atoms with Gasteiger partial charge in [-0.2, -0.15) is 0 Å². The predicted molar refractivity (Wildman–Crippen MR) is 129 cm³/mol. The molecular formula is C24H23N5O4S. The van der Waals surface area contributed by atoms with E-state index in [9.17, 15) is 18.0 Å². The quantitative estimate of drug-likeness (QED) is 0.425. The summed E-state index contributed by atoms with van der Waals surface area (Å²) in [6.45, 7) is -0.266. The van der Waals surface area contributed by atoms with Gasteiger partial charge < -0.3 is 15.0 Å². The Morgan fingerprint density at radius 2 is 1.76 bits per heavy atom. The number of sulfonamides is 1. The van der Waals surface area contributed by atoms with Crippen molar-refractivity contribution >= 4 is 33.2 Å². The van der Waals surface area contributed by atoms with E-state index in [-0.39, 0.29) is 17.0 Å². The van der Waals surface area contributed by atoms with Crippen molar-refractivity contribution < 1.29 is 18.0 Å². The van der Waals surface area contributed by atoms with Crippen LogP contribution in [0, 0.1) is 0 Å². The number of carbonyl (C=O) groups is 2. The molecule has 0 aliphatic heterocycles. The Kier molecular flexibility index (Phi) is 6.44. The molecule has 2 heterocycles. The highest BCUT2D eigenvalue weighted by molar-refractivity contribution is 7.89. The van der Waals surface area contributed by atoms with E-state index in [1.165, 1.54) is 38.4 Å². The second-order valence-corrected chi connectivity index (χ2v) is 9.87. The molecular weight excluding hydrogens is 454 g/mol. The highest BCUT2D eigenvalue weighted by atomic mass is 32.2. The van der Waals surface area contributed by atoms with Crippen molar-refractivity contribution in [3.05, 3.63) is 84.7 Å². The van der Waals surface area contributed by atoms with Gasteiger partial charge in [0.1, 0.15) is 5.65 Å². The number of hydrogen-bond acceptors (Lipinski definition) is 5. The van der Waals surface area contributed by atoms with Crippen LogP contribution in [0.25, 0.3) is 16.9 Å². The van der Waals surface area contributed by atoms with Crippen molar-refractivity contribution in [2.45, 2.75) is 4.90 Å². The third-order valence-corrected chi connectivity index (χ3v) is 6.92. The lowest BCUT2D eigenvalue weighted by Crippen LogP contribution is -2.33. The Balaban J connectivity index is 1.35. The van der Waals surface area contributed by atoms with Gasteiger partial charge in [0.25, 0.3) is 5.91 Å². The average molecular weight is 478 g/mol. The van der Waals surface area contributed by atoms with E-state index < -0.39 is 21.8 Å². The monoisotopic (exact) mass is 477 g/mol. The standard InChI is InChI=1S/C24H23N5O4S/c1-28(2)34(32,33)20-7-5-6-18(14-20)24(31)25-15-23(30)26-19-11-9-17(10-12-19)21-16-29-13-4-3-8-22(29)27-21/h3-14,16H,15H2,1-2H3,(H,25,31)(H,26,30). The number of hydrogen-bond donors (Lipinski definition) is 2. The first kappa shape index (κ1) is 23.1. The number of fused-ring (bicyclic) bond motifs is 1. The SMILES string of the molecule is CN(C)S(=O)(=O)c1cccc(C(=O)NCC(=O)Nc2ccc(-c3cn4ccccc4n3)cc2)c1. The number of benzene rings is 2. The van der Waals surface area contributed by atoms with Crippen LogP contribution in [0.5, 0.6) is 0 Å². The molecule has 0 unspecified atom stereocenters. The van der Waals surface area contributed by atoms with Crippen LogP contribution in [0.4, 0.5) is 5.69 Å². The zero-order chi connectivity index (χ0) is 24.3. The zero-order valence-electron chi connectivity index (χ0n) is 18.6. The van der Waals surface area contributed by atoms with E-state index in [4.69, 9.17) is 0 Å². The molecule has 0 saturated carbocycles. The maximum absolute atomic E-state index is 12.4. The predicted octanol–water partition coefficient (Wildman–Crippen LogP) is 2.62. The van der Waals surface area contributed by atoms with Crippen molar-refractivity contribution in [2.24, 2.45) is 0 Å². The topological polar surface area (TPSA) is 113 Å². The average Bonchev–Trinajstić information content (AvgIpc) is 3.27. The minimum atomic E-state index is -3.67. The minimum Gasteiger partial charge on any atom is -0.343 e. The number of anilines is 1. The fourth-order valence-corrected chi connectivity index (χ4v) is 4.22. The van der Waals surface area contributed by atoms with E-state index >= 15 is 0 Å². The number of nitrogens with one attached hydrogen (secondary N) is 2. The first-order chi connectivity index (χ1) is 16.2. The molecule has 0 radical (unpaired) electrons. The van der Waals surface area contributed by atoms with Gasteiger partial charge in [0.15, 0.2) is 0 Å². The second-order valence-electron chi connectivity index (χ2n) is 7.72. The van der Waals surface area contributed by atoms with Crippen molar-refractivity contribution in [1.82, 2.24) is 19.0 Å². The first-order valence-corrected chi connectivity index (χ1v) is 11.8. The second kappa shape index (κ2) is 9.46. The number of aromatic nitrogens is 2. The van der Waals surface area contributed by atoms with Gasteiger partial charge in [0.2, 0.25) is 15.9 Å². The number of amides is 2. The Hall–Kier alpha value is -4.02. The van der Waals surface area contributed by atoms with E-state index in [0.29, 0.717) is 5.69 Å². The summed E-state index contributed by atoms with van der Waals surface area (Å²) in [5, 5.41) is 5.23. The van der Waals surface area contributed by atoms with Gasteiger partial charge in [-0.3, -0.25) is 9.59 Å². The first-order valence-electron chi connectivity index (χ1n) is 10.4. The van der Waals surface area contributed by atoms with Crippen LogP contribution in [0.15, 0.2) is 84.0 Å². The van der Waals surface area contributed by atoms with Crippen molar-refractivity contribution in [3.63, 3.8) is 0 Å². The van der Waals surface area contributed by atoms with E-state index in [1.807, 2.05) is 47.1 Å². The molecule has 4 rings (SSSR count). The van der Waals surface area contributed by atoms with Crippen molar-refractivity contribution in [3.8, 4) is 11.3 Å². The third kappa shape index (κ3) is 4.98. The highest BCUT2D eigenvalue weighted by Crippen LogP contribution is 2.21. The molecule has 0 aliphatic carbocycles. The zero-order valence-corrected chi connectivity index (χ0v) is 19.4. The normalized spacial score (nSPS) is 11.5. The summed E-state index contributed by atoms with van der Waals surface area (Å²) in [7, 11) is -0.842. The Labute approximate surface area is 197 Å². The molecule has 2 amide bonds. The number of carbonyl (C=O) groups excluding carboxylic acids is 2. The molecule has 10 heteroatoms. The number of nitrogens with zero attached hydrogens (tertiary/aromatic N) is 3. The van der Waals surface area contributed by atoms with Gasteiger partial charge in [-0.25, -0.2) is 17.7 Å². The van der Waals surface area contributed by atoms with Crippen molar-refractivity contribution in [2.75, 3.05) is 26.0 Å². The minimum absolute atomic E-state index is 0.000277. The molecule has 4 aromatic rings. The summed E-state index contributed by atoms with van der Waals surface area (Å²) < 4.78 is 27.5. The Bertz CT molecular complexity index is 1430. The number of imidazole rings is 1. The van der Waals surface area contributed by atoms with Crippen LogP contribution >= 0.6 is 0 Å². The van der Waals surface area contributed by atoms with Gasteiger partial charge in [0.05, 0.1) is 17.1 Å². The van der Waals surface area contributed by atoms with Crippen LogP contribution in [0.2, 0.25) is 0 Å². The van der Waals surface area contributed by atoms with Crippen LogP contribution in [-0.4, -0.2) is 54.6 Å². The molecule has 2 aromatic carbocycles. The van der Waals surface area contributed by atoms with Gasteiger partial charge in [0, 0.05) is 43.3 Å². The molecule has 0 fully saturated rings. The van der Waals surface area contributed by atoms with E-state index in [1.54, 1.807) is 12.1 Å². The van der Waals surface area contributed by atoms with Gasteiger partial charge in [-0.15, -0.1) is 0 Å². The van der Waals surface area contributed by atoms with E-state index in [0.717, 1.165) is 21.2 Å². The molecule has 0 aliphatic rings. The van der Waals surface area contributed by atoms with E-state index in [2.05, 4.69) is 15.6 Å². The molecule has 0 saturated heterocycles. The number of pyridine rings is 1. The smallest absolute Gasteiger partial charge is 0.251 e. The number of rotatable bonds is 7. The summed E-state index contributed by atoms with van der Waals surface area (Å²) in [5.41, 5.74) is 3.28. The molecule has 0 atom stereocenters. The van der Waals surface area contributed by atoms with Gasteiger partial charge in [-0.1, -0.05) is 24.3 Å². The maximum Gasteiger partial charge on any atom is 0.251 e. The summed E-state index contributed by atoms with van der Waals surface area (Å²) in [4.78, 5) is 29.3. The van der Waals surface area contributed by atoms with Crippen LogP contribution in [0.1, 0.15) is 10.4 Å². The fourth-order valence-electron chi connectivity index (χ4n) is 3.27. The third-order valence-electron chi connectivity index (χ3n) is 5.11. The van der Waals surface area contributed by atoms with Gasteiger partial charge >= 0.3 is 0 Å².